The van der Waals surface area contributed by atoms with Gasteiger partial charge in [-0.15, -0.1) is 0 Å². The van der Waals surface area contributed by atoms with Gasteiger partial charge >= 0.3 is 0 Å². The van der Waals surface area contributed by atoms with Crippen LogP contribution in [0.2, 0.25) is 0 Å². The van der Waals surface area contributed by atoms with E-state index in [-0.39, 0.29) is 24.3 Å². The monoisotopic (exact) mass is 409 g/mol. The maximum Gasteiger partial charge on any atom is 0.251 e. The smallest absolute Gasteiger partial charge is 0.251 e. The summed E-state index contributed by atoms with van der Waals surface area (Å²) in [5, 5.41) is 5.43. The second-order valence-corrected chi connectivity index (χ2v) is 7.29. The van der Waals surface area contributed by atoms with E-state index in [0.29, 0.717) is 31.5 Å². The molecule has 0 bridgehead atoms. The van der Waals surface area contributed by atoms with Crippen molar-refractivity contribution >= 4 is 23.4 Å². The molecule has 0 spiro atoms. The maximum atomic E-state index is 12.3. The van der Waals surface area contributed by atoms with Crippen molar-refractivity contribution in [2.24, 2.45) is 0 Å². The van der Waals surface area contributed by atoms with E-state index in [0.717, 1.165) is 29.0 Å². The molecule has 1 aliphatic heterocycles. The molecule has 0 atom stereocenters. The Morgan fingerprint density at radius 1 is 1.10 bits per heavy atom. The van der Waals surface area contributed by atoms with Gasteiger partial charge in [-0.25, -0.2) is 0 Å². The van der Waals surface area contributed by atoms with E-state index >= 15 is 0 Å². The standard InChI is InChI=1S/C23H27N3O4/c1-16-5-10-20(30-2)18(14-16)11-12-24-21(27)15-25-23(29)17-6-8-19(9-7-17)26-13-3-4-22(26)28/h5-10,14H,3-4,11-13,15H2,1-2H3,(H,24,27)(H,25,29). The summed E-state index contributed by atoms with van der Waals surface area (Å²) in [6.45, 7) is 3.06. The number of amides is 3. The third-order valence-corrected chi connectivity index (χ3v) is 5.08. The maximum absolute atomic E-state index is 12.3. The Hall–Kier alpha value is -3.35. The molecule has 0 unspecified atom stereocenters. The van der Waals surface area contributed by atoms with Crippen molar-refractivity contribution in [3.8, 4) is 5.75 Å². The Bertz CT molecular complexity index is 925. The fourth-order valence-electron chi connectivity index (χ4n) is 3.48. The molecule has 1 aliphatic rings. The quantitative estimate of drug-likeness (QED) is 0.700. The van der Waals surface area contributed by atoms with Crippen molar-refractivity contribution < 1.29 is 19.1 Å². The molecule has 0 aromatic heterocycles. The Morgan fingerprint density at radius 3 is 2.53 bits per heavy atom. The number of aryl methyl sites for hydroxylation is 1. The first kappa shape index (κ1) is 21.4. The van der Waals surface area contributed by atoms with Crippen molar-refractivity contribution in [2.75, 3.05) is 31.6 Å². The lowest BCUT2D eigenvalue weighted by Gasteiger charge is -2.15. The number of ether oxygens (including phenoxy) is 1. The number of methoxy groups -OCH3 is 1. The molecule has 0 saturated carbocycles. The van der Waals surface area contributed by atoms with Crippen LogP contribution in [0, 0.1) is 6.92 Å². The summed E-state index contributed by atoms with van der Waals surface area (Å²) in [7, 11) is 1.62. The summed E-state index contributed by atoms with van der Waals surface area (Å²) >= 11 is 0. The van der Waals surface area contributed by atoms with Crippen LogP contribution in [0.15, 0.2) is 42.5 Å². The molecule has 1 fully saturated rings. The summed E-state index contributed by atoms with van der Waals surface area (Å²) in [6, 6.07) is 12.8. The summed E-state index contributed by atoms with van der Waals surface area (Å²) in [6.07, 6.45) is 2.06. The van der Waals surface area contributed by atoms with Crippen LogP contribution in [0.3, 0.4) is 0 Å². The number of hydrogen-bond acceptors (Lipinski definition) is 4. The van der Waals surface area contributed by atoms with E-state index in [9.17, 15) is 14.4 Å². The third-order valence-electron chi connectivity index (χ3n) is 5.08. The van der Waals surface area contributed by atoms with E-state index in [1.165, 1.54) is 0 Å². The lowest BCUT2D eigenvalue weighted by atomic mass is 10.1. The van der Waals surface area contributed by atoms with E-state index in [2.05, 4.69) is 10.6 Å². The number of nitrogens with zero attached hydrogens (tertiary/aromatic N) is 1. The molecule has 7 nitrogen and oxygen atoms in total. The second-order valence-electron chi connectivity index (χ2n) is 7.29. The molecule has 1 saturated heterocycles. The third kappa shape index (κ3) is 5.37. The summed E-state index contributed by atoms with van der Waals surface area (Å²) in [5.74, 6) is 0.313. The number of rotatable bonds is 8. The highest BCUT2D eigenvalue weighted by molar-refractivity contribution is 5.98. The Balaban J connectivity index is 1.44. The van der Waals surface area contributed by atoms with Crippen LogP contribution in [-0.4, -0.2) is 44.5 Å². The number of hydrogen-bond donors (Lipinski definition) is 2. The minimum absolute atomic E-state index is 0.101. The first-order chi connectivity index (χ1) is 14.5. The van der Waals surface area contributed by atoms with E-state index in [4.69, 9.17) is 4.74 Å². The van der Waals surface area contributed by atoms with E-state index in [1.54, 1.807) is 36.3 Å². The van der Waals surface area contributed by atoms with Crippen LogP contribution < -0.4 is 20.3 Å². The van der Waals surface area contributed by atoms with Crippen LogP contribution in [0.1, 0.15) is 34.3 Å². The van der Waals surface area contributed by atoms with Crippen molar-refractivity contribution in [1.82, 2.24) is 10.6 Å². The van der Waals surface area contributed by atoms with Crippen molar-refractivity contribution in [3.63, 3.8) is 0 Å². The van der Waals surface area contributed by atoms with E-state index in [1.807, 2.05) is 25.1 Å². The minimum Gasteiger partial charge on any atom is -0.496 e. The summed E-state index contributed by atoms with van der Waals surface area (Å²) in [5.41, 5.74) is 3.39. The molecule has 2 aromatic carbocycles. The highest BCUT2D eigenvalue weighted by atomic mass is 16.5. The zero-order chi connectivity index (χ0) is 21.5. The van der Waals surface area contributed by atoms with Crippen LogP contribution >= 0.6 is 0 Å². The molecule has 3 rings (SSSR count). The Kier molecular flexibility index (Phi) is 7.06. The van der Waals surface area contributed by atoms with Crippen molar-refractivity contribution in [2.45, 2.75) is 26.2 Å². The predicted octanol–water partition coefficient (Wildman–Crippen LogP) is 2.22. The van der Waals surface area contributed by atoms with Gasteiger partial charge in [0.15, 0.2) is 0 Å². The highest BCUT2D eigenvalue weighted by Crippen LogP contribution is 2.22. The fraction of sp³-hybridized carbons (Fsp3) is 0.348. The SMILES string of the molecule is COc1ccc(C)cc1CCNC(=O)CNC(=O)c1ccc(N2CCCC2=O)cc1. The van der Waals surface area contributed by atoms with Gasteiger partial charge in [0.05, 0.1) is 13.7 Å². The van der Waals surface area contributed by atoms with E-state index < -0.39 is 0 Å². The topological polar surface area (TPSA) is 87.7 Å². The molecule has 2 N–H and O–H groups in total. The lowest BCUT2D eigenvalue weighted by Crippen LogP contribution is -2.37. The Morgan fingerprint density at radius 2 is 1.87 bits per heavy atom. The fourth-order valence-corrected chi connectivity index (χ4v) is 3.48. The minimum atomic E-state index is -0.329. The number of benzene rings is 2. The first-order valence-corrected chi connectivity index (χ1v) is 10.1. The zero-order valence-electron chi connectivity index (χ0n) is 17.4. The molecule has 1 heterocycles. The van der Waals surface area contributed by atoms with Crippen LogP contribution in [0.4, 0.5) is 5.69 Å². The number of carbonyl (C=O) groups is 3. The summed E-state index contributed by atoms with van der Waals surface area (Å²) < 4.78 is 5.34. The highest BCUT2D eigenvalue weighted by Gasteiger charge is 2.21. The van der Waals surface area contributed by atoms with Gasteiger partial charge in [-0.05, 0) is 55.7 Å². The number of nitrogens with one attached hydrogen (secondary N) is 2. The average molecular weight is 409 g/mol. The van der Waals surface area contributed by atoms with Crippen LogP contribution in [0.5, 0.6) is 5.75 Å². The molecular weight excluding hydrogens is 382 g/mol. The van der Waals surface area contributed by atoms with Gasteiger partial charge in [0, 0.05) is 30.8 Å². The molecule has 0 radical (unpaired) electrons. The second kappa shape index (κ2) is 9.91. The summed E-state index contributed by atoms with van der Waals surface area (Å²) in [4.78, 5) is 37.8. The van der Waals surface area contributed by atoms with Gasteiger partial charge < -0.3 is 20.3 Å². The van der Waals surface area contributed by atoms with Crippen molar-refractivity contribution in [3.05, 3.63) is 59.2 Å². The lowest BCUT2D eigenvalue weighted by molar-refractivity contribution is -0.120. The molecule has 158 valence electrons. The van der Waals surface area contributed by atoms with Crippen molar-refractivity contribution in [1.29, 1.82) is 0 Å². The normalized spacial score (nSPS) is 13.3. The molecule has 2 aromatic rings. The Labute approximate surface area is 176 Å². The number of carbonyl (C=O) groups excluding carboxylic acids is 3. The molecule has 30 heavy (non-hydrogen) atoms. The van der Waals surface area contributed by atoms with Crippen LogP contribution in [0.25, 0.3) is 0 Å². The van der Waals surface area contributed by atoms with Gasteiger partial charge in [-0.1, -0.05) is 17.7 Å². The van der Waals surface area contributed by atoms with Gasteiger partial charge in [-0.2, -0.15) is 0 Å². The predicted molar refractivity (Wildman–Crippen MR) is 115 cm³/mol. The molecule has 0 aliphatic carbocycles. The molecule has 3 amide bonds. The first-order valence-electron chi connectivity index (χ1n) is 10.1. The van der Waals surface area contributed by atoms with Gasteiger partial charge in [0.1, 0.15) is 5.75 Å². The van der Waals surface area contributed by atoms with Gasteiger partial charge in [0.25, 0.3) is 5.91 Å². The molecular formula is C23H27N3O4. The average Bonchev–Trinajstić information content (AvgIpc) is 3.18. The largest absolute Gasteiger partial charge is 0.496 e. The number of anilines is 1. The van der Waals surface area contributed by atoms with Gasteiger partial charge in [0.2, 0.25) is 11.8 Å². The van der Waals surface area contributed by atoms with Gasteiger partial charge in [-0.3, -0.25) is 14.4 Å². The molecule has 7 heteroatoms. The zero-order valence-corrected chi connectivity index (χ0v) is 17.4. The van der Waals surface area contributed by atoms with Crippen LogP contribution in [-0.2, 0) is 16.0 Å².